The van der Waals surface area contributed by atoms with Gasteiger partial charge >= 0.3 is 0 Å². The molecular weight excluding hydrogens is 384 g/mol. The third-order valence-electron chi connectivity index (χ3n) is 6.75. The van der Waals surface area contributed by atoms with Gasteiger partial charge in [0.05, 0.1) is 19.7 Å². The van der Waals surface area contributed by atoms with Crippen molar-refractivity contribution in [3.63, 3.8) is 0 Å². The number of amides is 1. The first-order chi connectivity index (χ1) is 14.6. The molecule has 0 aliphatic carbocycles. The predicted octanol–water partition coefficient (Wildman–Crippen LogP) is 1.55. The van der Waals surface area contributed by atoms with Crippen LogP contribution in [0, 0.1) is 0 Å². The van der Waals surface area contributed by atoms with Crippen molar-refractivity contribution in [2.24, 2.45) is 0 Å². The van der Waals surface area contributed by atoms with Crippen molar-refractivity contribution in [3.05, 3.63) is 24.1 Å². The molecule has 5 rings (SSSR count). The molecule has 0 unspecified atom stereocenters. The van der Waals surface area contributed by atoms with Gasteiger partial charge in [-0.05, 0) is 44.5 Å². The maximum absolute atomic E-state index is 12.7. The molecule has 0 radical (unpaired) electrons. The number of nitrogens with zero attached hydrogens (tertiary/aromatic N) is 3. The lowest BCUT2D eigenvalue weighted by Gasteiger charge is -2.34. The molecule has 2 atom stereocenters. The molecule has 3 fully saturated rings. The Labute approximate surface area is 175 Å². The zero-order valence-electron chi connectivity index (χ0n) is 17.3. The number of methoxy groups -OCH3 is 1. The van der Waals surface area contributed by atoms with Crippen LogP contribution in [-0.2, 0) is 9.59 Å². The van der Waals surface area contributed by atoms with Crippen molar-refractivity contribution in [2.45, 2.75) is 43.7 Å². The summed E-state index contributed by atoms with van der Waals surface area (Å²) >= 11 is 0. The third kappa shape index (κ3) is 3.70. The van der Waals surface area contributed by atoms with Gasteiger partial charge in [-0.15, -0.1) is 0 Å². The Kier molecular flexibility index (Phi) is 5.20. The highest BCUT2D eigenvalue weighted by atomic mass is 16.5. The number of hydrogen-bond donors (Lipinski definition) is 1. The summed E-state index contributed by atoms with van der Waals surface area (Å²) in [6, 6.07) is 5.92. The summed E-state index contributed by atoms with van der Waals surface area (Å²) in [4.78, 5) is 33.0. The molecule has 3 saturated heterocycles. The summed E-state index contributed by atoms with van der Waals surface area (Å²) < 4.78 is 11.3. The van der Waals surface area contributed by atoms with E-state index in [1.54, 1.807) is 12.0 Å². The number of carbonyl (C=O) groups is 2. The van der Waals surface area contributed by atoms with Crippen molar-refractivity contribution in [2.75, 3.05) is 39.8 Å². The van der Waals surface area contributed by atoms with Gasteiger partial charge in [0, 0.05) is 37.5 Å². The number of nitrogens with one attached hydrogen (secondary N) is 1. The molecule has 0 saturated carbocycles. The van der Waals surface area contributed by atoms with Crippen molar-refractivity contribution < 1.29 is 18.7 Å². The molecule has 1 amide bonds. The fourth-order valence-corrected chi connectivity index (χ4v) is 4.96. The third-order valence-corrected chi connectivity index (χ3v) is 6.75. The molecule has 3 aliphatic heterocycles. The summed E-state index contributed by atoms with van der Waals surface area (Å²) in [5.41, 5.74) is 1.64. The highest BCUT2D eigenvalue weighted by Gasteiger charge is 2.38. The van der Waals surface area contributed by atoms with Gasteiger partial charge < -0.3 is 19.4 Å². The van der Waals surface area contributed by atoms with E-state index in [2.05, 4.69) is 10.2 Å². The van der Waals surface area contributed by atoms with E-state index in [1.165, 1.54) is 0 Å². The van der Waals surface area contributed by atoms with Crippen LogP contribution in [0.3, 0.4) is 0 Å². The van der Waals surface area contributed by atoms with E-state index in [0.29, 0.717) is 24.9 Å². The van der Waals surface area contributed by atoms with Gasteiger partial charge in [0.15, 0.2) is 17.3 Å². The minimum atomic E-state index is -0.161. The highest BCUT2D eigenvalue weighted by Crippen LogP contribution is 2.32. The van der Waals surface area contributed by atoms with Gasteiger partial charge in [-0.3, -0.25) is 14.5 Å². The number of fused-ring (bicyclic) bond motifs is 1. The summed E-state index contributed by atoms with van der Waals surface area (Å²) in [6.07, 6.45) is 3.31. The summed E-state index contributed by atoms with van der Waals surface area (Å²) in [5.74, 6) is 2.17. The molecule has 0 bridgehead atoms. The minimum Gasteiger partial charge on any atom is -0.497 e. The van der Waals surface area contributed by atoms with Gasteiger partial charge in [0.25, 0.3) is 0 Å². The molecule has 1 aromatic carbocycles. The quantitative estimate of drug-likeness (QED) is 0.815. The van der Waals surface area contributed by atoms with Crippen molar-refractivity contribution in [3.8, 4) is 5.75 Å². The van der Waals surface area contributed by atoms with Crippen LogP contribution in [0.4, 0.5) is 0 Å². The van der Waals surface area contributed by atoms with Gasteiger partial charge in [-0.25, -0.2) is 4.98 Å². The number of oxazole rings is 1. The lowest BCUT2D eigenvalue weighted by molar-refractivity contribution is -0.133. The molecule has 1 N–H and O–H groups in total. The number of piperidine rings is 1. The number of likely N-dealkylation sites (tertiary alicyclic amines) is 2. The summed E-state index contributed by atoms with van der Waals surface area (Å²) in [6.45, 7) is 3.63. The maximum Gasteiger partial charge on any atom is 0.240 e. The molecule has 8 heteroatoms. The lowest BCUT2D eigenvalue weighted by atomic mass is 9.95. The molecule has 2 aromatic rings. The smallest absolute Gasteiger partial charge is 0.240 e. The number of ketones is 1. The second-order valence-corrected chi connectivity index (χ2v) is 8.59. The largest absolute Gasteiger partial charge is 0.497 e. The maximum atomic E-state index is 12.7. The van der Waals surface area contributed by atoms with Crippen molar-refractivity contribution in [1.29, 1.82) is 0 Å². The second-order valence-electron chi connectivity index (χ2n) is 8.59. The van der Waals surface area contributed by atoms with E-state index in [0.717, 1.165) is 61.6 Å². The van der Waals surface area contributed by atoms with E-state index in [9.17, 15) is 9.59 Å². The topological polar surface area (TPSA) is 87.9 Å². The number of benzene rings is 1. The number of ether oxygens (including phenoxy) is 1. The number of Topliss-reactive ketones (excluding diaryl/α,β-unsaturated/α-hetero) is 1. The average Bonchev–Trinajstić information content (AvgIpc) is 3.52. The van der Waals surface area contributed by atoms with Crippen LogP contribution in [0.5, 0.6) is 5.75 Å². The molecule has 160 valence electrons. The summed E-state index contributed by atoms with van der Waals surface area (Å²) in [7, 11) is 1.65. The van der Waals surface area contributed by atoms with Gasteiger partial charge in [-0.2, -0.15) is 0 Å². The SMILES string of the molecule is COc1ccc2oc(C3CCN([C@@H]4CN[C@H](C(=O)N5CCC(=O)C5)C4)CC3)nc2c1. The monoisotopic (exact) mass is 412 g/mol. The fraction of sp³-hybridized carbons (Fsp3) is 0.591. The average molecular weight is 412 g/mol. The Bertz CT molecular complexity index is 950. The molecule has 0 spiro atoms. The van der Waals surface area contributed by atoms with Gasteiger partial charge in [-0.1, -0.05) is 0 Å². The van der Waals surface area contributed by atoms with Crippen LogP contribution in [0.2, 0.25) is 0 Å². The first-order valence-electron chi connectivity index (χ1n) is 10.8. The van der Waals surface area contributed by atoms with Gasteiger partial charge in [0.1, 0.15) is 11.3 Å². The molecule has 4 heterocycles. The number of hydrogen-bond acceptors (Lipinski definition) is 7. The van der Waals surface area contributed by atoms with Crippen LogP contribution < -0.4 is 10.1 Å². The standard InChI is InChI=1S/C22H28N4O4/c1-29-17-2-3-20-18(11-17)24-21(30-20)14-4-7-25(8-5-14)15-10-19(23-12-15)22(28)26-9-6-16(27)13-26/h2-3,11,14-15,19,23H,4-10,12-13H2,1H3/t15-,19-/m0/s1. The van der Waals surface area contributed by atoms with Crippen LogP contribution >= 0.6 is 0 Å². The van der Waals surface area contributed by atoms with E-state index in [4.69, 9.17) is 14.1 Å². The molecule has 3 aliphatic rings. The van der Waals surface area contributed by atoms with Crippen LogP contribution in [0.15, 0.2) is 22.6 Å². The molecule has 8 nitrogen and oxygen atoms in total. The Hall–Kier alpha value is -2.45. The van der Waals surface area contributed by atoms with Crippen molar-refractivity contribution >= 4 is 22.8 Å². The van der Waals surface area contributed by atoms with E-state index in [-0.39, 0.29) is 24.3 Å². The first kappa shape index (κ1) is 19.5. The molecule has 30 heavy (non-hydrogen) atoms. The van der Waals surface area contributed by atoms with Gasteiger partial charge in [0.2, 0.25) is 5.91 Å². The normalized spacial score (nSPS) is 26.0. The van der Waals surface area contributed by atoms with E-state index >= 15 is 0 Å². The Morgan fingerprint density at radius 3 is 2.83 bits per heavy atom. The Balaban J connectivity index is 1.16. The Morgan fingerprint density at radius 1 is 1.27 bits per heavy atom. The predicted molar refractivity (Wildman–Crippen MR) is 111 cm³/mol. The first-order valence-corrected chi connectivity index (χ1v) is 10.8. The molecule has 1 aromatic heterocycles. The minimum absolute atomic E-state index is 0.0835. The number of rotatable bonds is 4. The zero-order chi connectivity index (χ0) is 20.7. The number of carbonyl (C=O) groups excluding carboxylic acids is 2. The van der Waals surface area contributed by atoms with E-state index in [1.807, 2.05) is 18.2 Å². The number of aromatic nitrogens is 1. The molecular formula is C22H28N4O4. The van der Waals surface area contributed by atoms with E-state index < -0.39 is 0 Å². The van der Waals surface area contributed by atoms with Crippen molar-refractivity contribution in [1.82, 2.24) is 20.1 Å². The van der Waals surface area contributed by atoms with Crippen LogP contribution in [0.25, 0.3) is 11.1 Å². The fourth-order valence-electron chi connectivity index (χ4n) is 4.96. The lowest BCUT2D eigenvalue weighted by Crippen LogP contribution is -2.43. The zero-order valence-corrected chi connectivity index (χ0v) is 17.3. The Morgan fingerprint density at radius 2 is 2.10 bits per heavy atom. The van der Waals surface area contributed by atoms with Crippen LogP contribution in [0.1, 0.15) is 37.5 Å². The van der Waals surface area contributed by atoms with Crippen LogP contribution in [-0.4, -0.2) is 78.4 Å². The summed E-state index contributed by atoms with van der Waals surface area (Å²) in [5, 5.41) is 3.38. The second kappa shape index (κ2) is 8.00. The highest BCUT2D eigenvalue weighted by molar-refractivity contribution is 5.91.